The Hall–Kier alpha value is -3.07. The molecule has 4 aromatic rings. The molecule has 0 aliphatic heterocycles. The molecular weight excluding hydrogens is 296 g/mol. The summed E-state index contributed by atoms with van der Waals surface area (Å²) < 4.78 is 7.48. The van der Waals surface area contributed by atoms with Crippen LogP contribution in [0.4, 0.5) is 0 Å². The highest BCUT2D eigenvalue weighted by molar-refractivity contribution is 5.83. The first kappa shape index (κ1) is 14.5. The van der Waals surface area contributed by atoms with E-state index in [4.69, 9.17) is 9.72 Å². The summed E-state index contributed by atoms with van der Waals surface area (Å²) in [6.45, 7) is 2.09. The number of aromatic nitrogens is 2. The van der Waals surface area contributed by atoms with Crippen LogP contribution in [0.25, 0.3) is 28.1 Å². The maximum Gasteiger partial charge on any atom is 0.145 e. The minimum Gasteiger partial charge on any atom is -0.497 e. The second-order valence-electron chi connectivity index (χ2n) is 5.83. The Kier molecular flexibility index (Phi) is 3.54. The summed E-state index contributed by atoms with van der Waals surface area (Å²) in [5.41, 5.74) is 5.49. The summed E-state index contributed by atoms with van der Waals surface area (Å²) in [4.78, 5) is 4.89. The predicted octanol–water partition coefficient (Wildman–Crippen LogP) is 5.01. The van der Waals surface area contributed by atoms with E-state index in [-0.39, 0.29) is 0 Å². The highest BCUT2D eigenvalue weighted by Crippen LogP contribution is 2.29. The van der Waals surface area contributed by atoms with Gasteiger partial charge >= 0.3 is 0 Å². The molecule has 3 heteroatoms. The van der Waals surface area contributed by atoms with E-state index in [9.17, 15) is 0 Å². The number of benzene rings is 3. The van der Waals surface area contributed by atoms with Crippen LogP contribution in [0.1, 0.15) is 5.56 Å². The zero-order valence-corrected chi connectivity index (χ0v) is 13.7. The van der Waals surface area contributed by atoms with Gasteiger partial charge in [0.15, 0.2) is 0 Å². The van der Waals surface area contributed by atoms with Crippen molar-refractivity contribution in [1.29, 1.82) is 0 Å². The number of hydrogen-bond acceptors (Lipinski definition) is 2. The first-order valence-corrected chi connectivity index (χ1v) is 7.95. The number of fused-ring (bicyclic) bond motifs is 1. The fourth-order valence-electron chi connectivity index (χ4n) is 2.96. The topological polar surface area (TPSA) is 27.1 Å². The molecule has 0 fully saturated rings. The molecule has 1 heterocycles. The van der Waals surface area contributed by atoms with Crippen LogP contribution in [-0.2, 0) is 0 Å². The first-order valence-electron chi connectivity index (χ1n) is 7.95. The van der Waals surface area contributed by atoms with Crippen molar-refractivity contribution in [2.75, 3.05) is 7.11 Å². The molecule has 0 saturated heterocycles. The molecule has 0 radical (unpaired) electrons. The summed E-state index contributed by atoms with van der Waals surface area (Å²) in [5, 5.41) is 0. The molecule has 118 valence electrons. The molecule has 0 saturated carbocycles. The van der Waals surface area contributed by atoms with E-state index in [2.05, 4.69) is 54.0 Å². The third-order valence-electron chi connectivity index (χ3n) is 4.17. The van der Waals surface area contributed by atoms with Gasteiger partial charge < -0.3 is 4.74 Å². The Balaban J connectivity index is 2.00. The highest BCUT2D eigenvalue weighted by Gasteiger charge is 2.14. The molecule has 0 aliphatic carbocycles. The van der Waals surface area contributed by atoms with E-state index in [1.807, 2.05) is 30.3 Å². The molecule has 0 N–H and O–H groups in total. The van der Waals surface area contributed by atoms with Crippen LogP contribution in [0, 0.1) is 6.92 Å². The molecule has 0 aliphatic rings. The summed E-state index contributed by atoms with van der Waals surface area (Å²) in [6.07, 6.45) is 0. The molecule has 1 aromatic heterocycles. The van der Waals surface area contributed by atoms with Gasteiger partial charge in [0.2, 0.25) is 0 Å². The van der Waals surface area contributed by atoms with Crippen LogP contribution in [-0.4, -0.2) is 16.7 Å². The number of imidazole rings is 1. The van der Waals surface area contributed by atoms with Gasteiger partial charge in [-0.1, -0.05) is 36.4 Å². The molecule has 0 spiro atoms. The normalized spacial score (nSPS) is 10.9. The largest absolute Gasteiger partial charge is 0.497 e. The molecule has 0 amide bonds. The number of hydrogen-bond donors (Lipinski definition) is 0. The van der Waals surface area contributed by atoms with Gasteiger partial charge in [-0.25, -0.2) is 4.98 Å². The van der Waals surface area contributed by atoms with Crippen molar-refractivity contribution >= 4 is 11.0 Å². The van der Waals surface area contributed by atoms with Gasteiger partial charge in [0, 0.05) is 11.3 Å². The third kappa shape index (κ3) is 2.44. The molecule has 0 bridgehead atoms. The Bertz CT molecular complexity index is 986. The average molecular weight is 314 g/mol. The van der Waals surface area contributed by atoms with Crippen molar-refractivity contribution in [3.05, 3.63) is 78.4 Å². The van der Waals surface area contributed by atoms with Gasteiger partial charge in [0.25, 0.3) is 0 Å². The van der Waals surface area contributed by atoms with Gasteiger partial charge in [-0.3, -0.25) is 4.57 Å². The molecular formula is C21H18N2O. The van der Waals surface area contributed by atoms with Crippen LogP contribution in [0.5, 0.6) is 5.75 Å². The molecule has 3 nitrogen and oxygen atoms in total. The SMILES string of the molecule is COc1ccc(-n2c(-c3ccccc3)nc3cc(C)ccc32)cc1. The number of methoxy groups -OCH3 is 1. The van der Waals surface area contributed by atoms with Crippen molar-refractivity contribution in [2.45, 2.75) is 6.92 Å². The maximum absolute atomic E-state index is 5.28. The molecule has 0 unspecified atom stereocenters. The molecule has 4 rings (SSSR count). The Morgan fingerprint density at radius 2 is 1.62 bits per heavy atom. The van der Waals surface area contributed by atoms with Gasteiger partial charge in [-0.2, -0.15) is 0 Å². The number of nitrogens with zero attached hydrogens (tertiary/aromatic N) is 2. The number of aryl methyl sites for hydroxylation is 1. The van der Waals surface area contributed by atoms with E-state index >= 15 is 0 Å². The maximum atomic E-state index is 5.28. The van der Waals surface area contributed by atoms with E-state index in [1.54, 1.807) is 7.11 Å². The smallest absolute Gasteiger partial charge is 0.145 e. The molecule has 3 aromatic carbocycles. The summed E-state index contributed by atoms with van der Waals surface area (Å²) in [6, 6.07) is 24.7. The van der Waals surface area contributed by atoms with Crippen molar-refractivity contribution in [1.82, 2.24) is 9.55 Å². The Morgan fingerprint density at radius 1 is 0.875 bits per heavy atom. The quantitative estimate of drug-likeness (QED) is 0.531. The monoisotopic (exact) mass is 314 g/mol. The van der Waals surface area contributed by atoms with E-state index < -0.39 is 0 Å². The minimum atomic E-state index is 0.847. The van der Waals surface area contributed by atoms with E-state index in [0.717, 1.165) is 33.9 Å². The van der Waals surface area contributed by atoms with Crippen LogP contribution >= 0.6 is 0 Å². The van der Waals surface area contributed by atoms with Crippen LogP contribution in [0.3, 0.4) is 0 Å². The Morgan fingerprint density at radius 3 is 2.33 bits per heavy atom. The van der Waals surface area contributed by atoms with E-state index in [0.29, 0.717) is 0 Å². The van der Waals surface area contributed by atoms with Gasteiger partial charge in [-0.05, 0) is 48.9 Å². The van der Waals surface area contributed by atoms with Gasteiger partial charge in [-0.15, -0.1) is 0 Å². The summed E-state index contributed by atoms with van der Waals surface area (Å²) in [7, 11) is 1.68. The van der Waals surface area contributed by atoms with Crippen LogP contribution in [0.2, 0.25) is 0 Å². The average Bonchev–Trinajstić information content (AvgIpc) is 3.01. The lowest BCUT2D eigenvalue weighted by atomic mass is 10.2. The summed E-state index contributed by atoms with van der Waals surface area (Å²) in [5.74, 6) is 1.79. The van der Waals surface area contributed by atoms with Crippen LogP contribution in [0.15, 0.2) is 72.8 Å². The number of rotatable bonds is 3. The van der Waals surface area contributed by atoms with Gasteiger partial charge in [0.1, 0.15) is 11.6 Å². The Labute approximate surface area is 141 Å². The van der Waals surface area contributed by atoms with Crippen molar-refractivity contribution in [2.24, 2.45) is 0 Å². The minimum absolute atomic E-state index is 0.847. The second kappa shape index (κ2) is 5.85. The zero-order valence-electron chi connectivity index (χ0n) is 13.7. The third-order valence-corrected chi connectivity index (χ3v) is 4.17. The lowest BCUT2D eigenvalue weighted by molar-refractivity contribution is 0.415. The fourth-order valence-corrected chi connectivity index (χ4v) is 2.96. The lowest BCUT2D eigenvalue weighted by Gasteiger charge is -2.10. The first-order chi connectivity index (χ1) is 11.8. The molecule has 0 atom stereocenters. The van der Waals surface area contributed by atoms with Crippen molar-refractivity contribution in [3.8, 4) is 22.8 Å². The van der Waals surface area contributed by atoms with Gasteiger partial charge in [0.05, 0.1) is 18.1 Å². The fraction of sp³-hybridized carbons (Fsp3) is 0.0952. The highest BCUT2D eigenvalue weighted by atomic mass is 16.5. The van der Waals surface area contributed by atoms with Crippen LogP contribution < -0.4 is 4.74 Å². The number of ether oxygens (including phenoxy) is 1. The summed E-state index contributed by atoms with van der Waals surface area (Å²) >= 11 is 0. The van der Waals surface area contributed by atoms with Crippen molar-refractivity contribution in [3.63, 3.8) is 0 Å². The lowest BCUT2D eigenvalue weighted by Crippen LogP contribution is -1.97. The van der Waals surface area contributed by atoms with Crippen molar-refractivity contribution < 1.29 is 4.74 Å². The predicted molar refractivity (Wildman–Crippen MR) is 97.8 cm³/mol. The second-order valence-corrected chi connectivity index (χ2v) is 5.83. The van der Waals surface area contributed by atoms with E-state index in [1.165, 1.54) is 5.56 Å². The zero-order chi connectivity index (χ0) is 16.5. The molecule has 24 heavy (non-hydrogen) atoms. The standard InChI is InChI=1S/C21H18N2O/c1-15-8-13-20-19(14-15)22-21(16-6-4-3-5-7-16)23(20)17-9-11-18(24-2)12-10-17/h3-14H,1-2H3.